The number of anilines is 2. The molecular formula is C41H42N8O6. The van der Waals surface area contributed by atoms with Crippen LogP contribution in [0, 0.1) is 34.6 Å². The van der Waals surface area contributed by atoms with Gasteiger partial charge in [0.2, 0.25) is 5.91 Å². The van der Waals surface area contributed by atoms with E-state index in [1.807, 2.05) is 71.0 Å². The second-order valence-corrected chi connectivity index (χ2v) is 13.0. The monoisotopic (exact) mass is 742 g/mol. The van der Waals surface area contributed by atoms with Gasteiger partial charge < -0.3 is 25.6 Å². The number of carbonyl (C=O) groups excluding carboxylic acids is 3. The summed E-state index contributed by atoms with van der Waals surface area (Å²) in [6.45, 7) is 9.99. The minimum absolute atomic E-state index is 0.129. The third-order valence-electron chi connectivity index (χ3n) is 8.85. The fourth-order valence-electron chi connectivity index (χ4n) is 5.75. The molecule has 0 aliphatic carbocycles. The van der Waals surface area contributed by atoms with Crippen molar-refractivity contribution in [2.24, 2.45) is 30.7 Å². The van der Waals surface area contributed by atoms with E-state index < -0.39 is 0 Å². The highest BCUT2D eigenvalue weighted by Crippen LogP contribution is 2.46. The van der Waals surface area contributed by atoms with Crippen molar-refractivity contribution in [1.82, 2.24) is 0 Å². The van der Waals surface area contributed by atoms with E-state index in [1.54, 1.807) is 30.3 Å². The molecule has 0 saturated carbocycles. The van der Waals surface area contributed by atoms with Gasteiger partial charge >= 0.3 is 5.97 Å². The van der Waals surface area contributed by atoms with Gasteiger partial charge in [-0.3, -0.25) is 14.4 Å². The van der Waals surface area contributed by atoms with Crippen molar-refractivity contribution in [2.45, 2.75) is 60.5 Å². The fraction of sp³-hybridized carbons (Fsp3) is 0.244. The number of amides is 1. The summed E-state index contributed by atoms with van der Waals surface area (Å²) in [6, 6.07) is 19.9. The van der Waals surface area contributed by atoms with Crippen molar-refractivity contribution in [1.29, 1.82) is 0 Å². The number of aryl methyl sites for hydroxylation is 5. The topological polar surface area (TPSA) is 202 Å². The first kappa shape index (κ1) is 39.4. The lowest BCUT2D eigenvalue weighted by Gasteiger charge is -2.14. The number of ether oxygens (including phenoxy) is 2. The maximum absolute atomic E-state index is 12.3. The Morgan fingerprint density at radius 2 is 1.35 bits per heavy atom. The van der Waals surface area contributed by atoms with E-state index in [-0.39, 0.29) is 48.4 Å². The molecule has 0 unspecified atom stereocenters. The number of nitrogens with one attached hydrogen (secondary N) is 1. The number of nitrogens with zero attached hydrogens (tertiary/aromatic N) is 6. The molecule has 0 fully saturated rings. The third-order valence-corrected chi connectivity index (χ3v) is 8.85. The Bertz CT molecular complexity index is 2350. The third kappa shape index (κ3) is 9.79. The summed E-state index contributed by atoms with van der Waals surface area (Å²) in [7, 11) is 1.31. The van der Waals surface area contributed by atoms with Gasteiger partial charge in [0.05, 0.1) is 40.9 Å². The summed E-state index contributed by atoms with van der Waals surface area (Å²) >= 11 is 0. The summed E-state index contributed by atoms with van der Waals surface area (Å²) in [4.78, 5) is 34.1. The maximum atomic E-state index is 12.3. The van der Waals surface area contributed by atoms with Crippen molar-refractivity contribution >= 4 is 74.6 Å². The van der Waals surface area contributed by atoms with Crippen LogP contribution in [-0.4, -0.2) is 30.6 Å². The van der Waals surface area contributed by atoms with Gasteiger partial charge in [-0.05, 0) is 134 Å². The zero-order valence-corrected chi connectivity index (χ0v) is 31.5. The number of phenolic OH excluding ortho intramolecular Hbond substituents is 1. The minimum Gasteiger partial charge on any atom is -0.505 e. The van der Waals surface area contributed by atoms with Crippen molar-refractivity contribution in [3.05, 3.63) is 100 Å². The summed E-state index contributed by atoms with van der Waals surface area (Å²) in [5, 5.41) is 42.1. The van der Waals surface area contributed by atoms with Crippen molar-refractivity contribution in [2.75, 3.05) is 18.2 Å². The predicted octanol–water partition coefficient (Wildman–Crippen LogP) is 10.9. The summed E-state index contributed by atoms with van der Waals surface area (Å²) in [6.07, 6.45) is 0.739. The Morgan fingerprint density at radius 3 is 2.00 bits per heavy atom. The number of methoxy groups -OCH3 is 1. The Labute approximate surface area is 318 Å². The van der Waals surface area contributed by atoms with Crippen LogP contribution in [-0.2, 0) is 30.5 Å². The number of hydrogen-bond donors (Lipinski definition) is 3. The summed E-state index contributed by atoms with van der Waals surface area (Å²) in [5.74, 6) is -0.702. The molecule has 0 aromatic heterocycles. The lowest BCUT2D eigenvalue weighted by atomic mass is 9.98. The quantitative estimate of drug-likeness (QED) is 0.0434. The molecule has 5 aromatic rings. The molecule has 0 aliphatic heterocycles. The number of azo groups is 3. The van der Waals surface area contributed by atoms with Crippen LogP contribution in [0.3, 0.4) is 0 Å². The van der Waals surface area contributed by atoms with Crippen molar-refractivity contribution < 1.29 is 29.0 Å². The number of benzene rings is 5. The molecule has 5 rings (SSSR count). The van der Waals surface area contributed by atoms with Crippen molar-refractivity contribution in [3.8, 4) is 5.75 Å². The average Bonchev–Trinajstić information content (AvgIpc) is 3.16. The molecule has 14 nitrogen and oxygen atoms in total. The highest BCUT2D eigenvalue weighted by Gasteiger charge is 2.18. The second-order valence-electron chi connectivity index (χ2n) is 13.0. The van der Waals surface area contributed by atoms with Gasteiger partial charge in [-0.2, -0.15) is 20.5 Å². The van der Waals surface area contributed by atoms with Gasteiger partial charge in [0, 0.05) is 18.5 Å². The zero-order chi connectivity index (χ0) is 39.6. The molecule has 4 N–H and O–H groups in total. The van der Waals surface area contributed by atoms with Crippen LogP contribution in [0.25, 0.3) is 10.8 Å². The average molecular weight is 743 g/mol. The number of nitrogens with two attached hydrogens (primary N) is 1. The Kier molecular flexibility index (Phi) is 12.7. The molecule has 0 radical (unpaired) electrons. The van der Waals surface area contributed by atoms with Gasteiger partial charge in [-0.15, -0.1) is 10.2 Å². The first-order valence-electron chi connectivity index (χ1n) is 17.4. The highest BCUT2D eigenvalue weighted by molar-refractivity contribution is 6.07. The van der Waals surface area contributed by atoms with Gasteiger partial charge in [0.15, 0.2) is 5.75 Å². The van der Waals surface area contributed by atoms with Crippen LogP contribution < -0.4 is 11.1 Å². The molecule has 0 spiro atoms. The number of esters is 1. The van der Waals surface area contributed by atoms with Gasteiger partial charge in [-0.1, -0.05) is 12.1 Å². The van der Waals surface area contributed by atoms with Crippen LogP contribution in [0.15, 0.2) is 97.4 Å². The highest BCUT2D eigenvalue weighted by atomic mass is 16.5. The number of rotatable bonds is 14. The number of nitrogen functional groups attached to an aromatic ring is 1. The Balaban J connectivity index is 1.35. The minimum atomic E-state index is -0.357. The van der Waals surface area contributed by atoms with Gasteiger partial charge in [0.25, 0.3) is 6.47 Å². The molecule has 1 amide bonds. The molecule has 0 atom stereocenters. The smallest absolute Gasteiger partial charge is 0.305 e. The molecule has 5 aromatic carbocycles. The van der Waals surface area contributed by atoms with Gasteiger partial charge in [-0.25, -0.2) is 0 Å². The zero-order valence-electron chi connectivity index (χ0n) is 31.5. The Morgan fingerprint density at radius 1 is 0.727 bits per heavy atom. The predicted molar refractivity (Wildman–Crippen MR) is 211 cm³/mol. The number of carbonyl (C=O) groups is 3. The molecule has 14 heteroatoms. The lowest BCUT2D eigenvalue weighted by Crippen LogP contribution is -2.12. The lowest BCUT2D eigenvalue weighted by molar-refractivity contribution is -0.140. The second kappa shape index (κ2) is 17.8. The largest absolute Gasteiger partial charge is 0.505 e. The molecule has 282 valence electrons. The van der Waals surface area contributed by atoms with E-state index in [4.69, 9.17) is 10.5 Å². The van der Waals surface area contributed by atoms with Gasteiger partial charge in [0.1, 0.15) is 18.0 Å². The van der Waals surface area contributed by atoms with E-state index in [2.05, 4.69) is 40.7 Å². The van der Waals surface area contributed by atoms with E-state index in [1.165, 1.54) is 7.11 Å². The van der Waals surface area contributed by atoms with Crippen LogP contribution in [0.2, 0.25) is 0 Å². The number of phenols is 1. The normalized spacial score (nSPS) is 11.5. The molecule has 0 aliphatic rings. The maximum Gasteiger partial charge on any atom is 0.305 e. The van der Waals surface area contributed by atoms with Crippen LogP contribution in [0.1, 0.15) is 52.6 Å². The number of hydrogen-bond acceptors (Lipinski definition) is 13. The first-order chi connectivity index (χ1) is 26.4. The SMILES string of the molecule is COC(=O)CCCC(=O)Nc1ccc(N=Nc2c(C)cc3c(C)cc(N=Nc4cc(C)c(N=Nc5ccc(COC=O)cc5)cc4C)c(N)c3c2O)c(C)c1. The van der Waals surface area contributed by atoms with Crippen LogP contribution >= 0.6 is 0 Å². The standard InChI is InChI=1S/C41H42N8O6/c1-23-18-35(48-47-34-20-25(3)33(19-26(34)4)46-44-29-12-10-28(11-13-29)21-55-22-50)39(42)38-31(23)17-27(5)40(41(38)53)49-45-32-15-14-30(16-24(32)2)43-36(51)8-7-9-37(52)54-6/h10-20,22,53H,7-9,21,42H2,1-6H3,(H,43,51). The van der Waals surface area contributed by atoms with Crippen LogP contribution in [0.5, 0.6) is 5.75 Å². The van der Waals surface area contributed by atoms with E-state index in [0.29, 0.717) is 58.0 Å². The molecule has 0 bridgehead atoms. The summed E-state index contributed by atoms with van der Waals surface area (Å²) in [5.41, 5.74) is 15.4. The first-order valence-corrected chi connectivity index (χ1v) is 17.4. The van der Waals surface area contributed by atoms with Crippen LogP contribution in [0.4, 0.5) is 45.5 Å². The Hall–Kier alpha value is -6.83. The molecule has 55 heavy (non-hydrogen) atoms. The summed E-state index contributed by atoms with van der Waals surface area (Å²) < 4.78 is 9.39. The van der Waals surface area contributed by atoms with E-state index >= 15 is 0 Å². The number of aromatic hydroxyl groups is 1. The van der Waals surface area contributed by atoms with Crippen molar-refractivity contribution in [3.63, 3.8) is 0 Å². The number of fused-ring (bicyclic) bond motifs is 1. The fourth-order valence-corrected chi connectivity index (χ4v) is 5.75. The van der Waals surface area contributed by atoms with E-state index in [0.717, 1.165) is 33.2 Å². The molecule has 0 saturated heterocycles. The molecule has 0 heterocycles. The van der Waals surface area contributed by atoms with E-state index in [9.17, 15) is 19.5 Å². The molecular weight excluding hydrogens is 701 g/mol.